The lowest BCUT2D eigenvalue weighted by Gasteiger charge is -2.04. The normalized spacial score (nSPS) is 10.7. The molecule has 0 radical (unpaired) electrons. The second-order valence-electron chi connectivity index (χ2n) is 4.21. The summed E-state index contributed by atoms with van der Waals surface area (Å²) in [4.78, 5) is 15.1. The lowest BCUT2D eigenvalue weighted by molar-refractivity contribution is 0.0697. The summed E-state index contributed by atoms with van der Waals surface area (Å²) in [6, 6.07) is 12.3. The number of rotatable bonds is 2. The summed E-state index contributed by atoms with van der Waals surface area (Å²) < 4.78 is 1.89. The molecule has 1 heterocycles. The van der Waals surface area contributed by atoms with E-state index in [9.17, 15) is 4.79 Å². The highest BCUT2D eigenvalue weighted by Crippen LogP contribution is 2.20. The molecule has 0 fully saturated rings. The molecule has 3 aromatic rings. The Labute approximate surface area is 108 Å². The van der Waals surface area contributed by atoms with E-state index in [0.717, 1.165) is 11.2 Å². The summed E-state index contributed by atoms with van der Waals surface area (Å²) in [5, 5.41) is 8.95. The average Bonchev–Trinajstić information content (AvgIpc) is 2.82. The smallest absolute Gasteiger partial charge is 0.335 e. The standard InChI is InChI=1S/C14H11N3O2/c15-10-2-4-11(5-3-10)17-8-16-12-7-9(14(18)19)1-6-13(12)17/h1-8H,15H2,(H,18,19). The van der Waals surface area contributed by atoms with E-state index in [1.54, 1.807) is 24.5 Å². The number of anilines is 1. The van der Waals surface area contributed by atoms with Gasteiger partial charge >= 0.3 is 5.97 Å². The number of carboxylic acid groups (broad SMARTS) is 1. The lowest BCUT2D eigenvalue weighted by Crippen LogP contribution is -1.96. The van der Waals surface area contributed by atoms with Crippen LogP contribution in [-0.4, -0.2) is 20.6 Å². The van der Waals surface area contributed by atoms with Crippen LogP contribution in [0.3, 0.4) is 0 Å². The first-order chi connectivity index (χ1) is 9.15. The van der Waals surface area contributed by atoms with Crippen molar-refractivity contribution in [2.24, 2.45) is 0 Å². The van der Waals surface area contributed by atoms with Crippen LogP contribution < -0.4 is 5.73 Å². The molecular weight excluding hydrogens is 242 g/mol. The van der Waals surface area contributed by atoms with E-state index < -0.39 is 5.97 Å². The number of imidazole rings is 1. The van der Waals surface area contributed by atoms with Crippen LogP contribution in [0.15, 0.2) is 48.8 Å². The zero-order chi connectivity index (χ0) is 13.4. The van der Waals surface area contributed by atoms with Gasteiger partial charge in [-0.1, -0.05) is 0 Å². The first kappa shape index (κ1) is 11.3. The van der Waals surface area contributed by atoms with Gasteiger partial charge in [-0.05, 0) is 42.5 Å². The topological polar surface area (TPSA) is 81.1 Å². The SMILES string of the molecule is Nc1ccc(-n2cnc3cc(C(=O)O)ccc32)cc1. The van der Waals surface area contributed by atoms with Crippen molar-refractivity contribution in [1.29, 1.82) is 0 Å². The summed E-state index contributed by atoms with van der Waals surface area (Å²) in [6.45, 7) is 0. The monoisotopic (exact) mass is 253 g/mol. The van der Waals surface area contributed by atoms with Crippen LogP contribution in [0.1, 0.15) is 10.4 Å². The number of nitrogens with zero attached hydrogens (tertiary/aromatic N) is 2. The summed E-state index contributed by atoms with van der Waals surface area (Å²) in [5.41, 5.74) is 9.02. The van der Waals surface area contributed by atoms with Crippen LogP contribution in [0.2, 0.25) is 0 Å². The molecule has 0 saturated heterocycles. The van der Waals surface area contributed by atoms with E-state index in [2.05, 4.69) is 4.98 Å². The van der Waals surface area contributed by atoms with Gasteiger partial charge in [-0.2, -0.15) is 0 Å². The largest absolute Gasteiger partial charge is 0.478 e. The van der Waals surface area contributed by atoms with Gasteiger partial charge in [-0.25, -0.2) is 9.78 Å². The summed E-state index contributed by atoms with van der Waals surface area (Å²) in [5.74, 6) is -0.955. The van der Waals surface area contributed by atoms with Crippen molar-refractivity contribution in [1.82, 2.24) is 9.55 Å². The summed E-state index contributed by atoms with van der Waals surface area (Å²) in [7, 11) is 0. The molecule has 0 aliphatic carbocycles. The Bertz CT molecular complexity index is 760. The number of nitrogen functional groups attached to an aromatic ring is 1. The minimum atomic E-state index is -0.955. The number of aromatic carboxylic acids is 1. The van der Waals surface area contributed by atoms with E-state index >= 15 is 0 Å². The Balaban J connectivity index is 2.15. The molecule has 5 heteroatoms. The number of nitrogens with two attached hydrogens (primary N) is 1. The number of fused-ring (bicyclic) bond motifs is 1. The van der Waals surface area contributed by atoms with Crippen molar-refractivity contribution >= 4 is 22.7 Å². The zero-order valence-corrected chi connectivity index (χ0v) is 9.95. The predicted octanol–water partition coefficient (Wildman–Crippen LogP) is 2.31. The van der Waals surface area contributed by atoms with Gasteiger partial charge in [0.25, 0.3) is 0 Å². The minimum Gasteiger partial charge on any atom is -0.478 e. The maximum atomic E-state index is 10.9. The molecule has 0 amide bonds. The molecule has 0 saturated carbocycles. The summed E-state index contributed by atoms with van der Waals surface area (Å²) in [6.07, 6.45) is 1.67. The fourth-order valence-electron chi connectivity index (χ4n) is 1.99. The van der Waals surface area contributed by atoms with Crippen LogP contribution in [0.5, 0.6) is 0 Å². The quantitative estimate of drug-likeness (QED) is 0.687. The van der Waals surface area contributed by atoms with Crippen molar-refractivity contribution < 1.29 is 9.90 Å². The molecule has 0 aliphatic heterocycles. The number of benzene rings is 2. The summed E-state index contributed by atoms with van der Waals surface area (Å²) >= 11 is 0. The molecule has 0 spiro atoms. The Hall–Kier alpha value is -2.82. The third-order valence-corrected chi connectivity index (χ3v) is 2.97. The first-order valence-corrected chi connectivity index (χ1v) is 5.71. The third-order valence-electron chi connectivity index (χ3n) is 2.97. The molecule has 3 rings (SSSR count). The van der Waals surface area contributed by atoms with Crippen LogP contribution >= 0.6 is 0 Å². The molecule has 0 atom stereocenters. The second-order valence-corrected chi connectivity index (χ2v) is 4.21. The minimum absolute atomic E-state index is 0.232. The molecule has 19 heavy (non-hydrogen) atoms. The van der Waals surface area contributed by atoms with Gasteiger partial charge in [-0.3, -0.25) is 4.57 Å². The van der Waals surface area contributed by atoms with Crippen LogP contribution in [-0.2, 0) is 0 Å². The van der Waals surface area contributed by atoms with Gasteiger partial charge in [0.05, 0.1) is 16.6 Å². The Morgan fingerprint density at radius 3 is 2.58 bits per heavy atom. The molecule has 0 unspecified atom stereocenters. The van der Waals surface area contributed by atoms with Crippen molar-refractivity contribution in [3.05, 3.63) is 54.4 Å². The predicted molar refractivity (Wildman–Crippen MR) is 72.4 cm³/mol. The number of carboxylic acids is 1. The van der Waals surface area contributed by atoms with E-state index in [0.29, 0.717) is 11.2 Å². The second kappa shape index (κ2) is 4.13. The molecule has 0 bridgehead atoms. The fourth-order valence-corrected chi connectivity index (χ4v) is 1.99. The number of carbonyl (C=O) groups is 1. The molecule has 94 valence electrons. The van der Waals surface area contributed by atoms with Gasteiger partial charge in [0.1, 0.15) is 6.33 Å². The zero-order valence-electron chi connectivity index (χ0n) is 9.95. The van der Waals surface area contributed by atoms with Gasteiger partial charge in [0.15, 0.2) is 0 Å². The molecule has 2 aromatic carbocycles. The van der Waals surface area contributed by atoms with E-state index in [1.807, 2.05) is 28.8 Å². The number of aromatic nitrogens is 2. The molecule has 1 aromatic heterocycles. The van der Waals surface area contributed by atoms with Gasteiger partial charge in [0.2, 0.25) is 0 Å². The number of hydrogen-bond donors (Lipinski definition) is 2. The maximum absolute atomic E-state index is 10.9. The van der Waals surface area contributed by atoms with Crippen LogP contribution in [0.25, 0.3) is 16.7 Å². The number of hydrogen-bond acceptors (Lipinski definition) is 3. The molecule has 3 N–H and O–H groups in total. The van der Waals surface area contributed by atoms with E-state index in [-0.39, 0.29) is 5.56 Å². The molecule has 0 aliphatic rings. The highest BCUT2D eigenvalue weighted by molar-refractivity contribution is 5.92. The highest BCUT2D eigenvalue weighted by Gasteiger charge is 2.08. The van der Waals surface area contributed by atoms with Crippen molar-refractivity contribution in [3.63, 3.8) is 0 Å². The van der Waals surface area contributed by atoms with E-state index in [1.165, 1.54) is 0 Å². The average molecular weight is 253 g/mol. The van der Waals surface area contributed by atoms with E-state index in [4.69, 9.17) is 10.8 Å². The lowest BCUT2D eigenvalue weighted by atomic mass is 10.2. The first-order valence-electron chi connectivity index (χ1n) is 5.71. The highest BCUT2D eigenvalue weighted by atomic mass is 16.4. The van der Waals surface area contributed by atoms with Gasteiger partial charge in [0, 0.05) is 11.4 Å². The van der Waals surface area contributed by atoms with Crippen molar-refractivity contribution in [2.45, 2.75) is 0 Å². The third kappa shape index (κ3) is 1.91. The fraction of sp³-hybridized carbons (Fsp3) is 0. The van der Waals surface area contributed by atoms with Gasteiger partial charge in [-0.15, -0.1) is 0 Å². The Morgan fingerprint density at radius 1 is 1.16 bits per heavy atom. The van der Waals surface area contributed by atoms with Gasteiger partial charge < -0.3 is 10.8 Å². The molecule has 5 nitrogen and oxygen atoms in total. The van der Waals surface area contributed by atoms with Crippen LogP contribution in [0, 0.1) is 0 Å². The van der Waals surface area contributed by atoms with Crippen molar-refractivity contribution in [3.8, 4) is 5.69 Å². The van der Waals surface area contributed by atoms with Crippen molar-refractivity contribution in [2.75, 3.05) is 5.73 Å². The maximum Gasteiger partial charge on any atom is 0.335 e. The Morgan fingerprint density at radius 2 is 1.89 bits per heavy atom. The molecular formula is C14H11N3O2. The Kier molecular flexibility index (Phi) is 2.45. The van der Waals surface area contributed by atoms with Crippen LogP contribution in [0.4, 0.5) is 5.69 Å².